The fourth-order valence-corrected chi connectivity index (χ4v) is 1.12. The molecule has 1 aromatic rings. The van der Waals surface area contributed by atoms with Crippen LogP contribution in [0.15, 0.2) is 18.2 Å². The summed E-state index contributed by atoms with van der Waals surface area (Å²) in [5.41, 5.74) is 0.669. The van der Waals surface area contributed by atoms with Crippen LogP contribution < -0.4 is 4.74 Å². The average molecular weight is 181 g/mol. The Balaban J connectivity index is 3.07. The molecule has 0 N–H and O–H groups in total. The molecule has 0 heterocycles. The second-order valence-electron chi connectivity index (χ2n) is 2.20. The van der Waals surface area contributed by atoms with Gasteiger partial charge in [0.15, 0.2) is 0 Å². The number of ether oxygens (including phenoxy) is 1. The van der Waals surface area contributed by atoms with Crippen molar-refractivity contribution in [1.82, 2.24) is 0 Å². The lowest BCUT2D eigenvalue weighted by Gasteiger charge is -2.05. The number of halogens is 1. The van der Waals surface area contributed by atoms with Crippen LogP contribution in [0.25, 0.3) is 0 Å². The van der Waals surface area contributed by atoms with E-state index in [0.717, 1.165) is 0 Å². The highest BCUT2D eigenvalue weighted by Crippen LogP contribution is 2.27. The lowest BCUT2D eigenvalue weighted by Crippen LogP contribution is -1.92. The van der Waals surface area contributed by atoms with E-state index < -0.39 is 0 Å². The molecule has 1 nitrogen and oxygen atoms in total. The molecule has 0 aliphatic heterocycles. The van der Waals surface area contributed by atoms with Crippen molar-refractivity contribution in [1.29, 1.82) is 0 Å². The summed E-state index contributed by atoms with van der Waals surface area (Å²) in [4.78, 5) is 0. The van der Waals surface area contributed by atoms with Crippen LogP contribution in [0.1, 0.15) is 12.5 Å². The Morgan fingerprint density at radius 1 is 1.58 bits per heavy atom. The Morgan fingerprint density at radius 3 is 2.92 bits per heavy atom. The molecule has 0 unspecified atom stereocenters. The third kappa shape index (κ3) is 1.72. The quantitative estimate of drug-likeness (QED) is 0.636. The van der Waals surface area contributed by atoms with Crippen molar-refractivity contribution >= 4 is 11.6 Å². The molecule has 1 aromatic carbocycles. The molecule has 0 saturated carbocycles. The van der Waals surface area contributed by atoms with E-state index in [1.165, 1.54) is 0 Å². The lowest BCUT2D eigenvalue weighted by molar-refractivity contribution is 0.340. The van der Waals surface area contributed by atoms with E-state index in [9.17, 15) is 0 Å². The molecule has 0 fully saturated rings. The van der Waals surface area contributed by atoms with E-state index in [1.807, 2.05) is 13.0 Å². The molecule has 12 heavy (non-hydrogen) atoms. The largest absolute Gasteiger partial charge is 0.492 e. The maximum absolute atomic E-state index is 5.92. The van der Waals surface area contributed by atoms with Crippen molar-refractivity contribution in [3.8, 4) is 18.1 Å². The molecule has 0 amide bonds. The Kier molecular flexibility index (Phi) is 3.01. The van der Waals surface area contributed by atoms with E-state index in [0.29, 0.717) is 22.9 Å². The van der Waals surface area contributed by atoms with Gasteiger partial charge in [0.1, 0.15) is 5.75 Å². The SMILES string of the molecule is C#Cc1cccc(OCC)c1Cl. The zero-order valence-electron chi connectivity index (χ0n) is 6.80. The molecule has 1 rings (SSSR count). The molecular formula is C10H9ClO. The summed E-state index contributed by atoms with van der Waals surface area (Å²) in [6, 6.07) is 5.41. The van der Waals surface area contributed by atoms with Crippen LogP contribution >= 0.6 is 11.6 Å². The van der Waals surface area contributed by atoms with Crippen LogP contribution in [-0.4, -0.2) is 6.61 Å². The van der Waals surface area contributed by atoms with Crippen molar-refractivity contribution < 1.29 is 4.74 Å². The van der Waals surface area contributed by atoms with E-state index in [4.69, 9.17) is 22.8 Å². The first-order chi connectivity index (χ1) is 5.79. The number of terminal acetylenes is 1. The minimum atomic E-state index is 0.516. The van der Waals surface area contributed by atoms with E-state index >= 15 is 0 Å². The van der Waals surface area contributed by atoms with Crippen LogP contribution in [0.5, 0.6) is 5.75 Å². The topological polar surface area (TPSA) is 9.23 Å². The minimum Gasteiger partial charge on any atom is -0.492 e. The van der Waals surface area contributed by atoms with E-state index in [-0.39, 0.29) is 0 Å². The monoisotopic (exact) mass is 180 g/mol. The van der Waals surface area contributed by atoms with Gasteiger partial charge in [0.25, 0.3) is 0 Å². The van der Waals surface area contributed by atoms with E-state index in [1.54, 1.807) is 12.1 Å². The molecule has 0 aromatic heterocycles. The molecule has 0 atom stereocenters. The Hall–Kier alpha value is -1.13. The highest BCUT2D eigenvalue weighted by Gasteiger charge is 2.03. The summed E-state index contributed by atoms with van der Waals surface area (Å²) < 4.78 is 5.25. The summed E-state index contributed by atoms with van der Waals surface area (Å²) in [6.45, 7) is 2.49. The summed E-state index contributed by atoms with van der Waals surface area (Å²) in [6.07, 6.45) is 5.23. The van der Waals surface area contributed by atoms with Gasteiger partial charge in [0.05, 0.1) is 11.6 Å². The summed E-state index contributed by atoms with van der Waals surface area (Å²) in [5.74, 6) is 3.13. The molecule has 0 aliphatic rings. The van der Waals surface area contributed by atoms with Crippen LogP contribution in [0.3, 0.4) is 0 Å². The van der Waals surface area contributed by atoms with Gasteiger partial charge in [0, 0.05) is 5.56 Å². The molecule has 62 valence electrons. The minimum absolute atomic E-state index is 0.516. The van der Waals surface area contributed by atoms with Gasteiger partial charge in [-0.05, 0) is 19.1 Å². The fraction of sp³-hybridized carbons (Fsp3) is 0.200. The van der Waals surface area contributed by atoms with Gasteiger partial charge in [0.2, 0.25) is 0 Å². The molecule has 0 bridgehead atoms. The Bertz CT molecular complexity index is 312. The number of rotatable bonds is 2. The predicted octanol–water partition coefficient (Wildman–Crippen LogP) is 2.72. The molecular weight excluding hydrogens is 172 g/mol. The third-order valence-electron chi connectivity index (χ3n) is 1.42. The highest BCUT2D eigenvalue weighted by atomic mass is 35.5. The molecule has 2 heteroatoms. The summed E-state index contributed by atoms with van der Waals surface area (Å²) >= 11 is 5.92. The maximum Gasteiger partial charge on any atom is 0.139 e. The van der Waals surface area contributed by atoms with Gasteiger partial charge in [-0.15, -0.1) is 6.42 Å². The van der Waals surface area contributed by atoms with E-state index in [2.05, 4.69) is 5.92 Å². The standard InChI is InChI=1S/C10H9ClO/c1-3-8-6-5-7-9(10(8)11)12-4-2/h1,5-7H,4H2,2H3. The van der Waals surface area contributed by atoms with Crippen molar-refractivity contribution in [3.05, 3.63) is 28.8 Å². The van der Waals surface area contributed by atoms with Crippen molar-refractivity contribution in [2.75, 3.05) is 6.61 Å². The van der Waals surface area contributed by atoms with Crippen LogP contribution in [0, 0.1) is 12.3 Å². The zero-order valence-corrected chi connectivity index (χ0v) is 7.56. The molecule has 0 saturated heterocycles. The first-order valence-electron chi connectivity index (χ1n) is 3.67. The predicted molar refractivity (Wildman–Crippen MR) is 50.6 cm³/mol. The van der Waals surface area contributed by atoms with Crippen molar-refractivity contribution in [2.24, 2.45) is 0 Å². The lowest BCUT2D eigenvalue weighted by atomic mass is 10.2. The molecule has 0 spiro atoms. The second kappa shape index (κ2) is 4.04. The third-order valence-corrected chi connectivity index (χ3v) is 1.81. The second-order valence-corrected chi connectivity index (χ2v) is 2.57. The number of benzene rings is 1. The van der Waals surface area contributed by atoms with Crippen LogP contribution in [-0.2, 0) is 0 Å². The maximum atomic E-state index is 5.92. The number of hydrogen-bond donors (Lipinski definition) is 0. The molecule has 0 aliphatic carbocycles. The Labute approximate surface area is 77.3 Å². The van der Waals surface area contributed by atoms with Gasteiger partial charge in [-0.25, -0.2) is 0 Å². The van der Waals surface area contributed by atoms with Gasteiger partial charge < -0.3 is 4.74 Å². The highest BCUT2D eigenvalue weighted by molar-refractivity contribution is 6.33. The molecule has 0 radical (unpaired) electrons. The van der Waals surface area contributed by atoms with Crippen molar-refractivity contribution in [3.63, 3.8) is 0 Å². The van der Waals surface area contributed by atoms with Crippen LogP contribution in [0.4, 0.5) is 0 Å². The number of hydrogen-bond acceptors (Lipinski definition) is 1. The Morgan fingerprint density at radius 2 is 2.33 bits per heavy atom. The first kappa shape index (κ1) is 8.96. The zero-order chi connectivity index (χ0) is 8.97. The van der Waals surface area contributed by atoms with Crippen molar-refractivity contribution in [2.45, 2.75) is 6.92 Å². The van der Waals surface area contributed by atoms with Crippen LogP contribution in [0.2, 0.25) is 5.02 Å². The first-order valence-corrected chi connectivity index (χ1v) is 4.05. The van der Waals surface area contributed by atoms with Gasteiger partial charge in [-0.2, -0.15) is 0 Å². The van der Waals surface area contributed by atoms with Gasteiger partial charge >= 0.3 is 0 Å². The van der Waals surface area contributed by atoms with Gasteiger partial charge in [-0.3, -0.25) is 0 Å². The average Bonchev–Trinajstić information content (AvgIpc) is 2.09. The smallest absolute Gasteiger partial charge is 0.139 e. The summed E-state index contributed by atoms with van der Waals surface area (Å²) in [5, 5.41) is 0.516. The normalized spacial score (nSPS) is 9.08. The fourth-order valence-electron chi connectivity index (χ4n) is 0.889. The van der Waals surface area contributed by atoms with Gasteiger partial charge in [-0.1, -0.05) is 23.6 Å². The summed E-state index contributed by atoms with van der Waals surface area (Å²) in [7, 11) is 0.